The van der Waals surface area contributed by atoms with Crippen molar-refractivity contribution in [1.29, 1.82) is 0 Å². The van der Waals surface area contributed by atoms with Gasteiger partial charge in [0.15, 0.2) is 0 Å². The van der Waals surface area contributed by atoms with Gasteiger partial charge < -0.3 is 9.64 Å². The molecule has 0 bridgehead atoms. The molecule has 3 aromatic rings. The van der Waals surface area contributed by atoms with E-state index < -0.39 is 0 Å². The molecule has 0 atom stereocenters. The molecule has 4 rings (SSSR count). The van der Waals surface area contributed by atoms with Crippen molar-refractivity contribution in [1.82, 2.24) is 9.78 Å². The van der Waals surface area contributed by atoms with E-state index in [1.807, 2.05) is 72.5 Å². The minimum absolute atomic E-state index is 0.0171. The number of hydrogen-bond donors (Lipinski definition) is 0. The van der Waals surface area contributed by atoms with Crippen LogP contribution in [0, 0.1) is 0 Å². The Hall–Kier alpha value is -2.92. The Labute approximate surface area is 152 Å². The van der Waals surface area contributed by atoms with E-state index in [2.05, 4.69) is 0 Å². The van der Waals surface area contributed by atoms with Gasteiger partial charge in [-0.25, -0.2) is 4.68 Å². The molecule has 2 aromatic carbocycles. The Bertz CT molecular complexity index is 904. The van der Waals surface area contributed by atoms with Gasteiger partial charge in [0.25, 0.3) is 5.91 Å². The van der Waals surface area contributed by atoms with Gasteiger partial charge in [-0.3, -0.25) is 4.79 Å². The van der Waals surface area contributed by atoms with E-state index in [1.165, 1.54) is 0 Å². The monoisotopic (exact) mass is 347 g/mol. The summed E-state index contributed by atoms with van der Waals surface area (Å²) in [5.41, 5.74) is 4.29. The van der Waals surface area contributed by atoms with Crippen molar-refractivity contribution in [2.24, 2.45) is 0 Å². The molecule has 0 radical (unpaired) electrons. The van der Waals surface area contributed by atoms with Crippen molar-refractivity contribution in [3.63, 3.8) is 0 Å². The Morgan fingerprint density at radius 1 is 1.00 bits per heavy atom. The van der Waals surface area contributed by atoms with Crippen LogP contribution in [0.2, 0.25) is 0 Å². The molecular formula is C21H21N3O2. The van der Waals surface area contributed by atoms with E-state index in [-0.39, 0.29) is 5.91 Å². The molecule has 5 nitrogen and oxygen atoms in total. The Kier molecular flexibility index (Phi) is 4.54. The van der Waals surface area contributed by atoms with Crippen molar-refractivity contribution in [3.8, 4) is 5.69 Å². The first-order chi connectivity index (χ1) is 12.8. The number of anilines is 1. The molecule has 0 saturated carbocycles. The van der Waals surface area contributed by atoms with Crippen molar-refractivity contribution < 1.29 is 9.53 Å². The van der Waals surface area contributed by atoms with E-state index in [9.17, 15) is 4.79 Å². The van der Waals surface area contributed by atoms with Crippen LogP contribution in [0.15, 0.2) is 60.7 Å². The largest absolute Gasteiger partial charge is 0.375 e. The summed E-state index contributed by atoms with van der Waals surface area (Å²) >= 11 is 0. The average Bonchev–Trinajstić information content (AvgIpc) is 3.07. The zero-order valence-corrected chi connectivity index (χ0v) is 14.8. The van der Waals surface area contributed by atoms with Crippen molar-refractivity contribution in [2.45, 2.75) is 20.0 Å². The van der Waals surface area contributed by atoms with Crippen molar-refractivity contribution >= 4 is 11.6 Å². The van der Waals surface area contributed by atoms with Crippen LogP contribution in [0.5, 0.6) is 0 Å². The Morgan fingerprint density at radius 3 is 2.31 bits per heavy atom. The quantitative estimate of drug-likeness (QED) is 0.708. The molecule has 1 amide bonds. The van der Waals surface area contributed by atoms with Gasteiger partial charge in [-0.05, 0) is 37.6 Å². The maximum atomic E-state index is 13.3. The molecule has 1 aromatic heterocycles. The summed E-state index contributed by atoms with van der Waals surface area (Å²) in [5, 5.41) is 4.72. The van der Waals surface area contributed by atoms with E-state index in [4.69, 9.17) is 9.84 Å². The standard InChI is InChI=1S/C21H21N3O2/c1-2-26-15-19-18-13-14-23(16-9-5-3-6-10-16)21(25)20(18)24(22-19)17-11-7-4-8-12-17/h3-12H,2,13-15H2,1H3. The number of ether oxygens (including phenoxy) is 1. The lowest BCUT2D eigenvalue weighted by molar-refractivity contribution is 0.0973. The highest BCUT2D eigenvalue weighted by Gasteiger charge is 2.32. The van der Waals surface area contributed by atoms with Gasteiger partial charge in [0.2, 0.25) is 0 Å². The van der Waals surface area contributed by atoms with E-state index in [0.29, 0.717) is 25.5 Å². The lowest BCUT2D eigenvalue weighted by Gasteiger charge is -2.27. The lowest BCUT2D eigenvalue weighted by Crippen LogP contribution is -2.38. The third-order valence-electron chi connectivity index (χ3n) is 4.61. The first-order valence-corrected chi connectivity index (χ1v) is 8.90. The highest BCUT2D eigenvalue weighted by atomic mass is 16.5. The van der Waals surface area contributed by atoms with Crippen LogP contribution in [0.4, 0.5) is 5.69 Å². The van der Waals surface area contributed by atoms with Crippen LogP contribution in [-0.2, 0) is 17.8 Å². The molecule has 132 valence electrons. The lowest BCUT2D eigenvalue weighted by atomic mass is 10.0. The van der Waals surface area contributed by atoms with E-state index in [1.54, 1.807) is 4.68 Å². The van der Waals surface area contributed by atoms with Gasteiger partial charge in [-0.15, -0.1) is 0 Å². The van der Waals surface area contributed by atoms with Crippen LogP contribution < -0.4 is 4.90 Å². The second kappa shape index (κ2) is 7.14. The number of para-hydroxylation sites is 2. The van der Waals surface area contributed by atoms with Crippen LogP contribution in [-0.4, -0.2) is 28.8 Å². The van der Waals surface area contributed by atoms with E-state index in [0.717, 1.165) is 29.1 Å². The maximum Gasteiger partial charge on any atom is 0.277 e. The molecule has 0 fully saturated rings. The van der Waals surface area contributed by atoms with Gasteiger partial charge in [-0.2, -0.15) is 5.10 Å². The van der Waals surface area contributed by atoms with Crippen LogP contribution in [0.25, 0.3) is 5.69 Å². The number of aromatic nitrogens is 2. The van der Waals surface area contributed by atoms with Crippen molar-refractivity contribution in [3.05, 3.63) is 77.6 Å². The number of carbonyl (C=O) groups is 1. The summed E-state index contributed by atoms with van der Waals surface area (Å²) in [4.78, 5) is 15.2. The molecule has 1 aliphatic heterocycles. The number of nitrogens with zero attached hydrogens (tertiary/aromatic N) is 3. The van der Waals surface area contributed by atoms with Gasteiger partial charge in [0, 0.05) is 24.4 Å². The highest BCUT2D eigenvalue weighted by molar-refractivity contribution is 6.07. The first kappa shape index (κ1) is 16.5. The van der Waals surface area contributed by atoms with Crippen LogP contribution in [0.1, 0.15) is 28.7 Å². The normalized spacial score (nSPS) is 13.7. The number of benzene rings is 2. The minimum atomic E-state index is -0.0171. The van der Waals surface area contributed by atoms with Gasteiger partial charge in [0.05, 0.1) is 18.0 Å². The summed E-state index contributed by atoms with van der Waals surface area (Å²) in [7, 11) is 0. The zero-order chi connectivity index (χ0) is 17.9. The number of rotatable bonds is 5. The third kappa shape index (κ3) is 2.91. The molecule has 0 saturated heterocycles. The molecule has 5 heteroatoms. The van der Waals surface area contributed by atoms with Gasteiger partial charge in [-0.1, -0.05) is 36.4 Å². The molecule has 0 aliphatic carbocycles. The van der Waals surface area contributed by atoms with Gasteiger partial charge in [0.1, 0.15) is 5.69 Å². The Morgan fingerprint density at radius 2 is 1.65 bits per heavy atom. The topological polar surface area (TPSA) is 47.4 Å². The zero-order valence-electron chi connectivity index (χ0n) is 14.8. The average molecular weight is 347 g/mol. The molecule has 1 aliphatic rings. The molecule has 0 spiro atoms. The van der Waals surface area contributed by atoms with Crippen LogP contribution in [0.3, 0.4) is 0 Å². The second-order valence-corrected chi connectivity index (χ2v) is 6.20. The first-order valence-electron chi connectivity index (χ1n) is 8.90. The predicted molar refractivity (Wildman–Crippen MR) is 101 cm³/mol. The summed E-state index contributed by atoms with van der Waals surface area (Å²) in [6.45, 7) is 3.66. The number of amides is 1. The number of fused-ring (bicyclic) bond motifs is 1. The minimum Gasteiger partial charge on any atom is -0.375 e. The van der Waals surface area contributed by atoms with Gasteiger partial charge >= 0.3 is 0 Å². The molecule has 0 N–H and O–H groups in total. The van der Waals surface area contributed by atoms with E-state index >= 15 is 0 Å². The smallest absolute Gasteiger partial charge is 0.277 e. The molecule has 26 heavy (non-hydrogen) atoms. The van der Waals surface area contributed by atoms with Crippen molar-refractivity contribution in [2.75, 3.05) is 18.1 Å². The van der Waals surface area contributed by atoms with Crippen LogP contribution >= 0.6 is 0 Å². The maximum absolute atomic E-state index is 13.3. The predicted octanol–water partition coefficient (Wildman–Crippen LogP) is 3.61. The Balaban J connectivity index is 1.80. The summed E-state index contributed by atoms with van der Waals surface area (Å²) in [6, 6.07) is 19.6. The molecule has 2 heterocycles. The summed E-state index contributed by atoms with van der Waals surface area (Å²) in [5.74, 6) is -0.0171. The number of hydrogen-bond acceptors (Lipinski definition) is 3. The second-order valence-electron chi connectivity index (χ2n) is 6.20. The summed E-state index contributed by atoms with van der Waals surface area (Å²) in [6.07, 6.45) is 0.769. The third-order valence-corrected chi connectivity index (χ3v) is 4.61. The molecule has 0 unspecified atom stereocenters. The molecular weight excluding hydrogens is 326 g/mol. The summed E-state index contributed by atoms with van der Waals surface area (Å²) < 4.78 is 7.35. The number of carbonyl (C=O) groups excluding carboxylic acids is 1. The SMILES string of the molecule is CCOCc1nn(-c2ccccc2)c2c1CCN(c1ccccc1)C2=O. The fourth-order valence-corrected chi connectivity index (χ4v) is 3.36. The highest BCUT2D eigenvalue weighted by Crippen LogP contribution is 2.28. The fourth-order valence-electron chi connectivity index (χ4n) is 3.36. The fraction of sp³-hybridized carbons (Fsp3) is 0.238.